The Labute approximate surface area is 86.8 Å². The molecular weight excluding hydrogens is 170 g/mol. The van der Waals surface area contributed by atoms with Crippen LogP contribution < -0.4 is 5.32 Å². The Hall–Kier alpha value is -1.08. The summed E-state index contributed by atoms with van der Waals surface area (Å²) in [6.45, 7) is 4.30. The van der Waals surface area contributed by atoms with E-state index in [9.17, 15) is 0 Å². The number of rotatable bonds is 6. The lowest BCUT2D eigenvalue weighted by Crippen LogP contribution is -2.14. The summed E-state index contributed by atoms with van der Waals surface area (Å²) in [5.74, 6) is 0. The van der Waals surface area contributed by atoms with E-state index in [1.165, 1.54) is 18.4 Å². The smallest absolute Gasteiger partial charge is 0.0138 e. The second kappa shape index (κ2) is 7.34. The van der Waals surface area contributed by atoms with Crippen molar-refractivity contribution in [3.63, 3.8) is 0 Å². The standard InChI is InChI=1S/C13H19N/c1-2-3-11-14-12-7-10-13-8-5-4-6-9-13/h4-10,14H,2-3,11-12H2,1H3. The van der Waals surface area contributed by atoms with Crippen LogP contribution in [0, 0.1) is 0 Å². The van der Waals surface area contributed by atoms with Crippen LogP contribution in [0.1, 0.15) is 25.3 Å². The summed E-state index contributed by atoms with van der Waals surface area (Å²) in [7, 11) is 0. The molecular formula is C13H19N. The van der Waals surface area contributed by atoms with E-state index < -0.39 is 0 Å². The summed E-state index contributed by atoms with van der Waals surface area (Å²) in [6, 6.07) is 10.4. The fourth-order valence-corrected chi connectivity index (χ4v) is 1.25. The largest absolute Gasteiger partial charge is 0.313 e. The normalized spacial score (nSPS) is 10.9. The first-order valence-corrected chi connectivity index (χ1v) is 5.36. The minimum atomic E-state index is 0.967. The maximum Gasteiger partial charge on any atom is 0.0138 e. The second-order valence-corrected chi connectivity index (χ2v) is 3.37. The molecule has 0 unspecified atom stereocenters. The third-order valence-electron chi connectivity index (χ3n) is 2.08. The zero-order chi connectivity index (χ0) is 10.1. The highest BCUT2D eigenvalue weighted by atomic mass is 14.8. The van der Waals surface area contributed by atoms with Gasteiger partial charge in [0.15, 0.2) is 0 Å². The van der Waals surface area contributed by atoms with E-state index in [1.54, 1.807) is 0 Å². The molecule has 0 aliphatic carbocycles. The minimum Gasteiger partial charge on any atom is -0.313 e. The molecule has 0 saturated carbocycles. The summed E-state index contributed by atoms with van der Waals surface area (Å²) in [4.78, 5) is 0. The van der Waals surface area contributed by atoms with E-state index in [1.807, 2.05) is 6.07 Å². The van der Waals surface area contributed by atoms with Crippen molar-refractivity contribution in [3.8, 4) is 0 Å². The molecule has 14 heavy (non-hydrogen) atoms. The Bertz CT molecular complexity index is 251. The molecule has 1 rings (SSSR count). The van der Waals surface area contributed by atoms with Crippen molar-refractivity contribution < 1.29 is 0 Å². The molecule has 1 aromatic rings. The van der Waals surface area contributed by atoms with Crippen molar-refractivity contribution in [2.75, 3.05) is 13.1 Å². The quantitative estimate of drug-likeness (QED) is 0.678. The van der Waals surface area contributed by atoms with E-state index in [0.717, 1.165) is 13.1 Å². The van der Waals surface area contributed by atoms with Crippen molar-refractivity contribution in [3.05, 3.63) is 42.0 Å². The number of hydrogen-bond donors (Lipinski definition) is 1. The monoisotopic (exact) mass is 189 g/mol. The lowest BCUT2D eigenvalue weighted by Gasteiger charge is -1.98. The van der Waals surface area contributed by atoms with Crippen LogP contribution in [0.2, 0.25) is 0 Å². The number of unbranched alkanes of at least 4 members (excludes halogenated alkanes) is 1. The van der Waals surface area contributed by atoms with Gasteiger partial charge in [-0.3, -0.25) is 0 Å². The van der Waals surface area contributed by atoms with Crippen LogP contribution in [0.4, 0.5) is 0 Å². The van der Waals surface area contributed by atoms with Crippen molar-refractivity contribution in [2.45, 2.75) is 19.8 Å². The Kier molecular flexibility index (Phi) is 5.76. The first kappa shape index (κ1) is 11.0. The Morgan fingerprint density at radius 1 is 1.21 bits per heavy atom. The lowest BCUT2D eigenvalue weighted by molar-refractivity contribution is 0.682. The molecule has 0 amide bonds. The third-order valence-corrected chi connectivity index (χ3v) is 2.08. The molecule has 0 fully saturated rings. The van der Waals surface area contributed by atoms with E-state index in [0.29, 0.717) is 0 Å². The SMILES string of the molecule is CCCCNCC=Cc1ccccc1. The topological polar surface area (TPSA) is 12.0 Å². The zero-order valence-corrected chi connectivity index (χ0v) is 8.87. The number of benzene rings is 1. The Balaban J connectivity index is 2.15. The molecule has 0 bridgehead atoms. The summed E-state index contributed by atoms with van der Waals surface area (Å²) in [6.07, 6.45) is 6.85. The molecule has 1 heteroatoms. The highest BCUT2D eigenvalue weighted by molar-refractivity contribution is 5.48. The summed E-state index contributed by atoms with van der Waals surface area (Å²) >= 11 is 0. The average Bonchev–Trinajstić information content (AvgIpc) is 2.25. The minimum absolute atomic E-state index is 0.967. The first-order valence-electron chi connectivity index (χ1n) is 5.36. The van der Waals surface area contributed by atoms with E-state index in [2.05, 4.69) is 48.7 Å². The first-order chi connectivity index (χ1) is 6.93. The summed E-state index contributed by atoms with van der Waals surface area (Å²) < 4.78 is 0. The molecule has 1 aromatic carbocycles. The lowest BCUT2D eigenvalue weighted by atomic mass is 10.2. The zero-order valence-electron chi connectivity index (χ0n) is 8.87. The molecule has 0 atom stereocenters. The van der Waals surface area contributed by atoms with Crippen molar-refractivity contribution >= 4 is 6.08 Å². The van der Waals surface area contributed by atoms with Crippen LogP contribution in [0.5, 0.6) is 0 Å². The van der Waals surface area contributed by atoms with Gasteiger partial charge in [-0.25, -0.2) is 0 Å². The third kappa shape index (κ3) is 4.83. The predicted octanol–water partition coefficient (Wildman–Crippen LogP) is 3.09. The van der Waals surface area contributed by atoms with E-state index in [4.69, 9.17) is 0 Å². The van der Waals surface area contributed by atoms with Crippen molar-refractivity contribution in [2.24, 2.45) is 0 Å². The molecule has 1 N–H and O–H groups in total. The molecule has 0 aromatic heterocycles. The van der Waals surface area contributed by atoms with Crippen LogP contribution >= 0.6 is 0 Å². The Morgan fingerprint density at radius 3 is 2.71 bits per heavy atom. The van der Waals surface area contributed by atoms with Crippen LogP contribution in [0.3, 0.4) is 0 Å². The van der Waals surface area contributed by atoms with Crippen LogP contribution in [-0.2, 0) is 0 Å². The van der Waals surface area contributed by atoms with Gasteiger partial charge in [-0.1, -0.05) is 55.8 Å². The van der Waals surface area contributed by atoms with Gasteiger partial charge in [-0.05, 0) is 18.5 Å². The summed E-state index contributed by atoms with van der Waals surface area (Å²) in [5, 5.41) is 3.37. The van der Waals surface area contributed by atoms with Gasteiger partial charge in [-0.15, -0.1) is 0 Å². The van der Waals surface area contributed by atoms with E-state index in [-0.39, 0.29) is 0 Å². The molecule has 0 aliphatic heterocycles. The van der Waals surface area contributed by atoms with Crippen molar-refractivity contribution in [1.29, 1.82) is 0 Å². The molecule has 0 saturated heterocycles. The summed E-state index contributed by atoms with van der Waals surface area (Å²) in [5.41, 5.74) is 1.27. The highest BCUT2D eigenvalue weighted by Gasteiger charge is 1.83. The Morgan fingerprint density at radius 2 is 2.00 bits per heavy atom. The number of hydrogen-bond acceptors (Lipinski definition) is 1. The van der Waals surface area contributed by atoms with Crippen LogP contribution in [0.25, 0.3) is 6.08 Å². The maximum atomic E-state index is 3.37. The van der Waals surface area contributed by atoms with Gasteiger partial charge in [0.2, 0.25) is 0 Å². The fraction of sp³-hybridized carbons (Fsp3) is 0.385. The fourth-order valence-electron chi connectivity index (χ4n) is 1.25. The molecule has 0 aliphatic rings. The van der Waals surface area contributed by atoms with Gasteiger partial charge in [-0.2, -0.15) is 0 Å². The molecule has 1 nitrogen and oxygen atoms in total. The molecule has 0 heterocycles. The van der Waals surface area contributed by atoms with Crippen LogP contribution in [-0.4, -0.2) is 13.1 Å². The van der Waals surface area contributed by atoms with Gasteiger partial charge in [0.05, 0.1) is 0 Å². The maximum absolute atomic E-state index is 3.37. The predicted molar refractivity (Wildman–Crippen MR) is 63.3 cm³/mol. The van der Waals surface area contributed by atoms with Gasteiger partial charge in [0.25, 0.3) is 0 Å². The van der Waals surface area contributed by atoms with Gasteiger partial charge < -0.3 is 5.32 Å². The molecule has 0 radical (unpaired) electrons. The van der Waals surface area contributed by atoms with E-state index >= 15 is 0 Å². The van der Waals surface area contributed by atoms with Gasteiger partial charge in [0, 0.05) is 6.54 Å². The second-order valence-electron chi connectivity index (χ2n) is 3.37. The highest BCUT2D eigenvalue weighted by Crippen LogP contribution is 1.99. The van der Waals surface area contributed by atoms with Gasteiger partial charge in [0.1, 0.15) is 0 Å². The van der Waals surface area contributed by atoms with Crippen LogP contribution in [0.15, 0.2) is 36.4 Å². The number of nitrogens with one attached hydrogen (secondary N) is 1. The molecule has 0 spiro atoms. The van der Waals surface area contributed by atoms with Gasteiger partial charge >= 0.3 is 0 Å². The molecule has 76 valence electrons. The van der Waals surface area contributed by atoms with Crippen molar-refractivity contribution in [1.82, 2.24) is 5.32 Å². The average molecular weight is 189 g/mol.